The van der Waals surface area contributed by atoms with E-state index in [9.17, 15) is 9.18 Å². The second kappa shape index (κ2) is 5.63. The Labute approximate surface area is 132 Å². The number of hydrogen-bond acceptors (Lipinski definition) is 3. The van der Waals surface area contributed by atoms with Gasteiger partial charge in [0, 0.05) is 24.4 Å². The zero-order chi connectivity index (χ0) is 15.1. The molecule has 1 aliphatic heterocycles. The van der Waals surface area contributed by atoms with Gasteiger partial charge in [-0.05, 0) is 54.8 Å². The number of halogens is 1. The lowest BCUT2D eigenvalue weighted by molar-refractivity contribution is 0.0482. The van der Waals surface area contributed by atoms with Gasteiger partial charge in [0.05, 0.1) is 11.0 Å². The molecule has 2 heterocycles. The van der Waals surface area contributed by atoms with Crippen LogP contribution in [0.25, 0.3) is 10.1 Å². The summed E-state index contributed by atoms with van der Waals surface area (Å²) in [6.07, 6.45) is 3.66. The number of carbonyl (C=O) groups excluding carboxylic acids is 1. The molecule has 1 atom stereocenters. The Balaban J connectivity index is 1.43. The number of carbonyl (C=O) groups is 1. The molecule has 2 fully saturated rings. The summed E-state index contributed by atoms with van der Waals surface area (Å²) >= 11 is 1.43. The highest BCUT2D eigenvalue weighted by atomic mass is 32.1. The average Bonchev–Trinajstić information content (AvgIpc) is 3.06. The lowest BCUT2D eigenvalue weighted by atomic mass is 10.2. The van der Waals surface area contributed by atoms with Crippen LogP contribution >= 0.6 is 11.3 Å². The van der Waals surface area contributed by atoms with Gasteiger partial charge < -0.3 is 9.64 Å². The van der Waals surface area contributed by atoms with Crippen LogP contribution in [0.15, 0.2) is 24.3 Å². The van der Waals surface area contributed by atoms with Crippen LogP contribution in [0.1, 0.15) is 28.9 Å². The van der Waals surface area contributed by atoms with Crippen molar-refractivity contribution in [2.24, 2.45) is 5.92 Å². The molecule has 0 spiro atoms. The molecule has 0 N–H and O–H groups in total. The van der Waals surface area contributed by atoms with E-state index in [0.717, 1.165) is 35.6 Å². The van der Waals surface area contributed by atoms with E-state index in [1.807, 2.05) is 4.90 Å². The lowest BCUT2D eigenvalue weighted by Crippen LogP contribution is -2.29. The van der Waals surface area contributed by atoms with Crippen LogP contribution in [0.3, 0.4) is 0 Å². The minimum Gasteiger partial charge on any atom is -0.376 e. The molecule has 1 aliphatic carbocycles. The molecule has 2 aromatic rings. The van der Waals surface area contributed by atoms with Crippen LogP contribution in [0.2, 0.25) is 0 Å². The highest BCUT2D eigenvalue weighted by Crippen LogP contribution is 2.31. The molecule has 116 valence electrons. The second-order valence-electron chi connectivity index (χ2n) is 6.23. The third-order valence-electron chi connectivity index (χ3n) is 4.39. The smallest absolute Gasteiger partial charge is 0.264 e. The van der Waals surface area contributed by atoms with Crippen molar-refractivity contribution >= 4 is 27.3 Å². The summed E-state index contributed by atoms with van der Waals surface area (Å²) in [6, 6.07) is 6.44. The standard InChI is InChI=1S/C17H18FNO2S/c18-13-3-4-15-12(7-13)8-16(22-15)17(20)19-6-5-14(9-19)21-10-11-1-2-11/h3-4,7-8,11,14H,1-2,5-6,9-10H2. The van der Waals surface area contributed by atoms with E-state index in [0.29, 0.717) is 11.4 Å². The lowest BCUT2D eigenvalue weighted by Gasteiger charge is -2.15. The molecule has 1 amide bonds. The highest BCUT2D eigenvalue weighted by Gasteiger charge is 2.30. The van der Waals surface area contributed by atoms with Gasteiger partial charge in [-0.25, -0.2) is 4.39 Å². The first-order chi connectivity index (χ1) is 10.7. The van der Waals surface area contributed by atoms with Crippen molar-refractivity contribution < 1.29 is 13.9 Å². The quantitative estimate of drug-likeness (QED) is 0.860. The summed E-state index contributed by atoms with van der Waals surface area (Å²) in [4.78, 5) is 15.1. The van der Waals surface area contributed by atoms with Crippen molar-refractivity contribution in [1.82, 2.24) is 4.90 Å². The van der Waals surface area contributed by atoms with Gasteiger partial charge >= 0.3 is 0 Å². The largest absolute Gasteiger partial charge is 0.376 e. The maximum absolute atomic E-state index is 13.2. The molecule has 1 aromatic heterocycles. The fourth-order valence-electron chi connectivity index (χ4n) is 2.88. The molecule has 22 heavy (non-hydrogen) atoms. The summed E-state index contributed by atoms with van der Waals surface area (Å²) in [7, 11) is 0. The topological polar surface area (TPSA) is 29.5 Å². The summed E-state index contributed by atoms with van der Waals surface area (Å²) < 4.78 is 20.1. The van der Waals surface area contributed by atoms with Gasteiger partial charge in [0.25, 0.3) is 5.91 Å². The fraction of sp³-hybridized carbons (Fsp3) is 0.471. The molecule has 4 rings (SSSR count). The summed E-state index contributed by atoms with van der Waals surface area (Å²) in [6.45, 7) is 2.26. The number of hydrogen-bond donors (Lipinski definition) is 0. The molecule has 1 unspecified atom stereocenters. The number of rotatable bonds is 4. The molecule has 1 saturated heterocycles. The molecule has 0 bridgehead atoms. The Morgan fingerprint density at radius 1 is 1.32 bits per heavy atom. The second-order valence-corrected chi connectivity index (χ2v) is 7.32. The number of fused-ring (bicyclic) bond motifs is 1. The van der Waals surface area contributed by atoms with Crippen molar-refractivity contribution in [3.63, 3.8) is 0 Å². The maximum atomic E-state index is 13.2. The number of nitrogens with zero attached hydrogens (tertiary/aromatic N) is 1. The summed E-state index contributed by atoms with van der Waals surface area (Å²) in [5, 5.41) is 0.800. The number of ether oxygens (including phenoxy) is 1. The fourth-order valence-corrected chi connectivity index (χ4v) is 3.89. The molecule has 1 aromatic carbocycles. The molecule has 1 saturated carbocycles. The molecule has 0 radical (unpaired) electrons. The number of amides is 1. The Morgan fingerprint density at radius 2 is 2.18 bits per heavy atom. The SMILES string of the molecule is O=C(c1cc2cc(F)ccc2s1)N1CCC(OCC2CC2)C1. The van der Waals surface area contributed by atoms with Crippen LogP contribution in [0.5, 0.6) is 0 Å². The van der Waals surface area contributed by atoms with Gasteiger partial charge in [0.2, 0.25) is 0 Å². The van der Waals surface area contributed by atoms with E-state index >= 15 is 0 Å². The van der Waals surface area contributed by atoms with Gasteiger partial charge in [0.15, 0.2) is 0 Å². The van der Waals surface area contributed by atoms with Crippen LogP contribution in [0, 0.1) is 11.7 Å². The van der Waals surface area contributed by atoms with Gasteiger partial charge in [0.1, 0.15) is 5.82 Å². The first kappa shape index (κ1) is 14.2. The van der Waals surface area contributed by atoms with E-state index in [1.165, 1.54) is 36.3 Å². The van der Waals surface area contributed by atoms with E-state index in [1.54, 1.807) is 12.1 Å². The molecule has 5 heteroatoms. The van der Waals surface area contributed by atoms with Gasteiger partial charge in [-0.2, -0.15) is 0 Å². The van der Waals surface area contributed by atoms with E-state index in [2.05, 4.69) is 0 Å². The summed E-state index contributed by atoms with van der Waals surface area (Å²) in [5.41, 5.74) is 0. The Kier molecular flexibility index (Phi) is 3.62. The van der Waals surface area contributed by atoms with Crippen molar-refractivity contribution in [3.8, 4) is 0 Å². The van der Waals surface area contributed by atoms with Crippen LogP contribution in [-0.2, 0) is 4.74 Å². The first-order valence-corrected chi connectivity index (χ1v) is 8.60. The van der Waals surface area contributed by atoms with E-state index in [4.69, 9.17) is 4.74 Å². The molecule has 3 nitrogen and oxygen atoms in total. The van der Waals surface area contributed by atoms with Crippen LogP contribution < -0.4 is 0 Å². The van der Waals surface area contributed by atoms with Gasteiger partial charge in [-0.15, -0.1) is 11.3 Å². The predicted molar refractivity (Wildman–Crippen MR) is 84.8 cm³/mol. The maximum Gasteiger partial charge on any atom is 0.264 e. The van der Waals surface area contributed by atoms with Crippen molar-refractivity contribution in [1.29, 1.82) is 0 Å². The first-order valence-electron chi connectivity index (χ1n) is 7.79. The van der Waals surface area contributed by atoms with Crippen LogP contribution in [0.4, 0.5) is 4.39 Å². The Bertz CT molecular complexity index is 710. The molecular formula is C17H18FNO2S. The average molecular weight is 319 g/mol. The number of thiophene rings is 1. The van der Waals surface area contributed by atoms with E-state index in [-0.39, 0.29) is 17.8 Å². The van der Waals surface area contributed by atoms with Gasteiger partial charge in [-0.1, -0.05) is 0 Å². The van der Waals surface area contributed by atoms with Crippen molar-refractivity contribution in [2.45, 2.75) is 25.4 Å². The van der Waals surface area contributed by atoms with E-state index < -0.39 is 0 Å². The van der Waals surface area contributed by atoms with Crippen LogP contribution in [-0.4, -0.2) is 36.6 Å². The molecule has 2 aliphatic rings. The normalized spacial score (nSPS) is 21.7. The molecular weight excluding hydrogens is 301 g/mol. The predicted octanol–water partition coefficient (Wildman–Crippen LogP) is 3.68. The third-order valence-corrected chi connectivity index (χ3v) is 5.49. The Morgan fingerprint density at radius 3 is 3.00 bits per heavy atom. The number of likely N-dealkylation sites (tertiary alicyclic amines) is 1. The van der Waals surface area contributed by atoms with Crippen molar-refractivity contribution in [3.05, 3.63) is 35.0 Å². The summed E-state index contributed by atoms with van der Waals surface area (Å²) in [5.74, 6) is 0.528. The minimum absolute atomic E-state index is 0.0409. The minimum atomic E-state index is -0.265. The zero-order valence-corrected chi connectivity index (χ0v) is 13.1. The van der Waals surface area contributed by atoms with Gasteiger partial charge in [-0.3, -0.25) is 4.79 Å². The third kappa shape index (κ3) is 2.88. The Hall–Kier alpha value is -1.46. The number of benzene rings is 1. The monoisotopic (exact) mass is 319 g/mol. The van der Waals surface area contributed by atoms with Crippen molar-refractivity contribution in [2.75, 3.05) is 19.7 Å². The zero-order valence-electron chi connectivity index (χ0n) is 12.3. The highest BCUT2D eigenvalue weighted by molar-refractivity contribution is 7.20.